The molecule has 122 valence electrons. The van der Waals surface area contributed by atoms with Crippen molar-refractivity contribution in [3.8, 4) is 0 Å². The number of ether oxygens (including phenoxy) is 1. The molecule has 22 heavy (non-hydrogen) atoms. The maximum absolute atomic E-state index is 12.1. The predicted octanol–water partition coefficient (Wildman–Crippen LogP) is 3.25. The standard InChI is InChI=1S/C18H28N2O2/c1-4-14(2)15-7-9-16(10-8-15)19-18(21)13-20(3)12-17-6-5-11-22-17/h7-10,14,17H,4-6,11-13H2,1-3H3,(H,19,21). The molecule has 2 unspecified atom stereocenters. The Bertz CT molecular complexity index is 466. The number of likely N-dealkylation sites (N-methyl/N-ethyl adjacent to an activating group) is 1. The second-order valence-electron chi connectivity index (χ2n) is 6.31. The predicted molar refractivity (Wildman–Crippen MR) is 90.2 cm³/mol. The molecule has 4 nitrogen and oxygen atoms in total. The molecule has 0 saturated carbocycles. The molecule has 1 aliphatic heterocycles. The lowest BCUT2D eigenvalue weighted by atomic mass is 9.99. The Morgan fingerprint density at radius 2 is 2.14 bits per heavy atom. The maximum atomic E-state index is 12.1. The van der Waals surface area contributed by atoms with Gasteiger partial charge in [-0.1, -0.05) is 26.0 Å². The molecule has 2 rings (SSSR count). The van der Waals surface area contributed by atoms with Gasteiger partial charge in [-0.15, -0.1) is 0 Å². The number of amides is 1. The van der Waals surface area contributed by atoms with Crippen LogP contribution >= 0.6 is 0 Å². The highest BCUT2D eigenvalue weighted by atomic mass is 16.5. The van der Waals surface area contributed by atoms with Crippen molar-refractivity contribution in [1.82, 2.24) is 4.90 Å². The van der Waals surface area contributed by atoms with E-state index in [9.17, 15) is 4.79 Å². The van der Waals surface area contributed by atoms with E-state index in [1.807, 2.05) is 24.1 Å². The molecule has 0 spiro atoms. The summed E-state index contributed by atoms with van der Waals surface area (Å²) in [4.78, 5) is 14.1. The monoisotopic (exact) mass is 304 g/mol. The molecular weight excluding hydrogens is 276 g/mol. The van der Waals surface area contributed by atoms with E-state index in [0.717, 1.165) is 38.1 Å². The summed E-state index contributed by atoms with van der Waals surface area (Å²) in [6.07, 6.45) is 3.64. The summed E-state index contributed by atoms with van der Waals surface area (Å²) >= 11 is 0. The third-order valence-electron chi connectivity index (χ3n) is 4.33. The fraction of sp³-hybridized carbons (Fsp3) is 0.611. The molecule has 4 heteroatoms. The van der Waals surface area contributed by atoms with E-state index >= 15 is 0 Å². The number of anilines is 1. The van der Waals surface area contributed by atoms with Gasteiger partial charge in [-0.25, -0.2) is 0 Å². The molecule has 0 bridgehead atoms. The number of carbonyl (C=O) groups is 1. The van der Waals surface area contributed by atoms with Crippen LogP contribution in [0.15, 0.2) is 24.3 Å². The van der Waals surface area contributed by atoms with Crippen molar-refractivity contribution in [2.75, 3.05) is 32.1 Å². The Labute approximate surface area is 133 Å². The fourth-order valence-corrected chi connectivity index (χ4v) is 2.78. The van der Waals surface area contributed by atoms with Crippen molar-refractivity contribution in [3.63, 3.8) is 0 Å². The zero-order valence-corrected chi connectivity index (χ0v) is 14.0. The minimum atomic E-state index is 0.0248. The minimum Gasteiger partial charge on any atom is -0.377 e. The van der Waals surface area contributed by atoms with E-state index in [1.165, 1.54) is 5.56 Å². The van der Waals surface area contributed by atoms with Crippen LogP contribution in [0.1, 0.15) is 44.6 Å². The molecule has 0 aromatic heterocycles. The first-order valence-electron chi connectivity index (χ1n) is 8.28. The Morgan fingerprint density at radius 3 is 2.73 bits per heavy atom. The van der Waals surface area contributed by atoms with Gasteiger partial charge in [-0.05, 0) is 49.9 Å². The molecule has 1 heterocycles. The largest absolute Gasteiger partial charge is 0.377 e. The minimum absolute atomic E-state index is 0.0248. The van der Waals surface area contributed by atoms with Crippen LogP contribution in [0.5, 0.6) is 0 Å². The topological polar surface area (TPSA) is 41.6 Å². The lowest BCUT2D eigenvalue weighted by molar-refractivity contribution is -0.117. The molecule has 1 N–H and O–H groups in total. The highest BCUT2D eigenvalue weighted by molar-refractivity contribution is 5.92. The lowest BCUT2D eigenvalue weighted by Crippen LogP contribution is -2.35. The summed E-state index contributed by atoms with van der Waals surface area (Å²) in [5.41, 5.74) is 2.18. The number of rotatable bonds is 7. The van der Waals surface area contributed by atoms with Crippen LogP contribution in [0.25, 0.3) is 0 Å². The van der Waals surface area contributed by atoms with Gasteiger partial charge in [0.15, 0.2) is 0 Å². The summed E-state index contributed by atoms with van der Waals surface area (Å²) in [6, 6.07) is 8.17. The van der Waals surface area contributed by atoms with Crippen LogP contribution in [0.2, 0.25) is 0 Å². The summed E-state index contributed by atoms with van der Waals surface area (Å²) < 4.78 is 5.60. The smallest absolute Gasteiger partial charge is 0.238 e. The number of nitrogens with zero attached hydrogens (tertiary/aromatic N) is 1. The summed E-state index contributed by atoms with van der Waals surface area (Å²) in [7, 11) is 1.97. The van der Waals surface area contributed by atoms with Crippen molar-refractivity contribution < 1.29 is 9.53 Å². The van der Waals surface area contributed by atoms with Crippen molar-refractivity contribution in [2.45, 2.75) is 45.1 Å². The quantitative estimate of drug-likeness (QED) is 0.841. The lowest BCUT2D eigenvalue weighted by Gasteiger charge is -2.20. The van der Waals surface area contributed by atoms with E-state index in [4.69, 9.17) is 4.74 Å². The van der Waals surface area contributed by atoms with Crippen molar-refractivity contribution >= 4 is 11.6 Å². The summed E-state index contributed by atoms with van der Waals surface area (Å²) in [5.74, 6) is 0.582. The van der Waals surface area contributed by atoms with Crippen molar-refractivity contribution in [2.24, 2.45) is 0 Å². The molecule has 1 saturated heterocycles. The summed E-state index contributed by atoms with van der Waals surface area (Å²) in [5, 5.41) is 2.96. The van der Waals surface area contributed by atoms with Gasteiger partial charge in [-0.3, -0.25) is 9.69 Å². The second kappa shape index (κ2) is 8.30. The van der Waals surface area contributed by atoms with Gasteiger partial charge in [0.25, 0.3) is 0 Å². The molecule has 0 aliphatic carbocycles. The molecule has 1 aromatic rings. The van der Waals surface area contributed by atoms with Crippen LogP contribution in [0, 0.1) is 0 Å². The van der Waals surface area contributed by atoms with Gasteiger partial charge >= 0.3 is 0 Å². The molecule has 1 fully saturated rings. The fourth-order valence-electron chi connectivity index (χ4n) is 2.78. The van der Waals surface area contributed by atoms with Crippen LogP contribution in [-0.2, 0) is 9.53 Å². The average Bonchev–Trinajstić information content (AvgIpc) is 2.99. The van der Waals surface area contributed by atoms with Crippen molar-refractivity contribution in [3.05, 3.63) is 29.8 Å². The number of carbonyl (C=O) groups excluding carboxylic acids is 1. The van der Waals surface area contributed by atoms with E-state index in [-0.39, 0.29) is 12.0 Å². The molecule has 0 radical (unpaired) electrons. The number of benzene rings is 1. The van der Waals surface area contributed by atoms with E-state index < -0.39 is 0 Å². The van der Waals surface area contributed by atoms with Gasteiger partial charge < -0.3 is 10.1 Å². The zero-order chi connectivity index (χ0) is 15.9. The van der Waals surface area contributed by atoms with E-state index in [2.05, 4.69) is 31.3 Å². The first-order valence-corrected chi connectivity index (χ1v) is 8.28. The normalized spacial score (nSPS) is 19.4. The highest BCUT2D eigenvalue weighted by Crippen LogP contribution is 2.20. The Morgan fingerprint density at radius 1 is 1.41 bits per heavy atom. The first kappa shape index (κ1) is 17.0. The highest BCUT2D eigenvalue weighted by Gasteiger charge is 2.18. The van der Waals surface area contributed by atoms with Crippen LogP contribution in [0.4, 0.5) is 5.69 Å². The van der Waals surface area contributed by atoms with Gasteiger partial charge in [-0.2, -0.15) is 0 Å². The molecule has 1 aromatic carbocycles. The number of nitrogens with one attached hydrogen (secondary N) is 1. The third-order valence-corrected chi connectivity index (χ3v) is 4.33. The SMILES string of the molecule is CCC(C)c1ccc(NC(=O)CN(C)CC2CCCO2)cc1. The van der Waals surface area contributed by atoms with Gasteiger partial charge in [0.05, 0.1) is 12.6 Å². The van der Waals surface area contributed by atoms with Crippen LogP contribution in [-0.4, -0.2) is 43.7 Å². The second-order valence-corrected chi connectivity index (χ2v) is 6.31. The summed E-state index contributed by atoms with van der Waals surface area (Å²) in [6.45, 7) is 6.47. The van der Waals surface area contributed by atoms with Crippen molar-refractivity contribution in [1.29, 1.82) is 0 Å². The van der Waals surface area contributed by atoms with Crippen LogP contribution < -0.4 is 5.32 Å². The van der Waals surface area contributed by atoms with E-state index in [1.54, 1.807) is 0 Å². The number of hydrogen-bond acceptors (Lipinski definition) is 3. The first-order chi connectivity index (χ1) is 10.6. The Balaban J connectivity index is 1.78. The Hall–Kier alpha value is -1.39. The van der Waals surface area contributed by atoms with Gasteiger partial charge in [0, 0.05) is 18.8 Å². The average molecular weight is 304 g/mol. The molecular formula is C18H28N2O2. The van der Waals surface area contributed by atoms with Crippen LogP contribution in [0.3, 0.4) is 0 Å². The maximum Gasteiger partial charge on any atom is 0.238 e. The Kier molecular flexibility index (Phi) is 6.40. The number of hydrogen-bond donors (Lipinski definition) is 1. The molecule has 1 amide bonds. The van der Waals surface area contributed by atoms with Gasteiger partial charge in [0.1, 0.15) is 0 Å². The third kappa shape index (κ3) is 5.11. The molecule has 1 aliphatic rings. The zero-order valence-electron chi connectivity index (χ0n) is 14.0. The van der Waals surface area contributed by atoms with Gasteiger partial charge in [0.2, 0.25) is 5.91 Å². The molecule has 2 atom stereocenters. The van der Waals surface area contributed by atoms with E-state index in [0.29, 0.717) is 12.5 Å².